The van der Waals surface area contributed by atoms with E-state index in [1.807, 2.05) is 18.3 Å². The van der Waals surface area contributed by atoms with Gasteiger partial charge < -0.3 is 0 Å². The second kappa shape index (κ2) is 8.14. The Hall–Kier alpha value is -2.41. The minimum absolute atomic E-state index is 1.12. The van der Waals surface area contributed by atoms with Gasteiger partial charge in [-0.1, -0.05) is 68.0 Å². The Kier molecular flexibility index (Phi) is 5.91. The lowest BCUT2D eigenvalue weighted by Crippen LogP contribution is -1.86. The number of nitrogens with zero attached hydrogens (tertiary/aromatic N) is 1. The van der Waals surface area contributed by atoms with E-state index in [0.717, 1.165) is 12.0 Å². The van der Waals surface area contributed by atoms with Crippen LogP contribution in [0.3, 0.4) is 0 Å². The van der Waals surface area contributed by atoms with Crippen LogP contribution in [0, 0.1) is 0 Å². The minimum atomic E-state index is 1.12. The highest BCUT2D eigenvalue weighted by Gasteiger charge is 2.03. The van der Waals surface area contributed by atoms with E-state index in [9.17, 15) is 0 Å². The molecule has 1 nitrogen and oxygen atoms in total. The van der Waals surface area contributed by atoms with Crippen LogP contribution in [0.25, 0.3) is 16.7 Å². The Labute approximate surface area is 133 Å². The third kappa shape index (κ3) is 4.29. The zero-order valence-corrected chi connectivity index (χ0v) is 13.4. The van der Waals surface area contributed by atoms with Gasteiger partial charge in [0.05, 0.1) is 0 Å². The van der Waals surface area contributed by atoms with Gasteiger partial charge in [0, 0.05) is 18.0 Å². The Balaban J connectivity index is 2.40. The molecular formula is C21H23N. The van der Waals surface area contributed by atoms with Crippen LogP contribution in [0.15, 0.2) is 79.2 Å². The van der Waals surface area contributed by atoms with Crippen LogP contribution in [0.5, 0.6) is 0 Å². The van der Waals surface area contributed by atoms with E-state index in [4.69, 9.17) is 0 Å². The number of benzene rings is 1. The predicted molar refractivity (Wildman–Crippen MR) is 96.5 cm³/mol. The maximum atomic E-state index is 4.20. The van der Waals surface area contributed by atoms with Gasteiger partial charge in [-0.25, -0.2) is 0 Å². The lowest BCUT2D eigenvalue weighted by molar-refractivity contribution is 0.906. The molecular weight excluding hydrogens is 266 g/mol. The van der Waals surface area contributed by atoms with Gasteiger partial charge in [0.2, 0.25) is 0 Å². The molecule has 0 saturated heterocycles. The summed E-state index contributed by atoms with van der Waals surface area (Å²) in [6.45, 7) is 8.24. The minimum Gasteiger partial charge on any atom is -0.264 e. The third-order valence-electron chi connectivity index (χ3n) is 3.53. The van der Waals surface area contributed by atoms with Gasteiger partial charge in [0.15, 0.2) is 0 Å². The molecule has 22 heavy (non-hydrogen) atoms. The SMILES string of the molecule is C=C/C=C(\C=C(/C)CCC)c1cccc(-c2cccnc2)c1. The Morgan fingerprint density at radius 2 is 2.00 bits per heavy atom. The van der Waals surface area contributed by atoms with Crippen molar-refractivity contribution in [2.45, 2.75) is 26.7 Å². The molecule has 0 aliphatic heterocycles. The quantitative estimate of drug-likeness (QED) is 0.589. The number of pyridine rings is 1. The van der Waals surface area contributed by atoms with Crippen molar-refractivity contribution >= 4 is 5.57 Å². The lowest BCUT2D eigenvalue weighted by Gasteiger charge is -2.08. The predicted octanol–water partition coefficient (Wildman–Crippen LogP) is 6.06. The van der Waals surface area contributed by atoms with Crippen molar-refractivity contribution < 1.29 is 0 Å². The summed E-state index contributed by atoms with van der Waals surface area (Å²) in [6, 6.07) is 12.6. The summed E-state index contributed by atoms with van der Waals surface area (Å²) in [5, 5.41) is 0. The second-order valence-electron chi connectivity index (χ2n) is 5.42. The Bertz CT molecular complexity index is 678. The van der Waals surface area contributed by atoms with Crippen LogP contribution in [0.2, 0.25) is 0 Å². The first kappa shape index (κ1) is 16.0. The molecule has 1 heteroatoms. The summed E-state index contributed by atoms with van der Waals surface area (Å²) < 4.78 is 0. The molecule has 0 amide bonds. The lowest BCUT2D eigenvalue weighted by atomic mass is 9.97. The maximum Gasteiger partial charge on any atom is 0.0346 e. The molecule has 0 radical (unpaired) electrons. The van der Waals surface area contributed by atoms with E-state index < -0.39 is 0 Å². The summed E-state index contributed by atoms with van der Waals surface area (Å²) in [7, 11) is 0. The molecule has 0 aliphatic carbocycles. The normalized spacial score (nSPS) is 12.3. The molecule has 0 unspecified atom stereocenters. The molecule has 2 rings (SSSR count). The van der Waals surface area contributed by atoms with E-state index in [0.29, 0.717) is 0 Å². The first-order valence-electron chi connectivity index (χ1n) is 7.75. The van der Waals surface area contributed by atoms with Crippen LogP contribution in [-0.4, -0.2) is 4.98 Å². The molecule has 0 spiro atoms. The highest BCUT2D eigenvalue weighted by atomic mass is 14.6. The highest BCUT2D eigenvalue weighted by molar-refractivity contribution is 5.79. The molecule has 112 valence electrons. The first-order chi connectivity index (χ1) is 10.7. The Morgan fingerprint density at radius 3 is 2.68 bits per heavy atom. The van der Waals surface area contributed by atoms with Crippen molar-refractivity contribution in [3.05, 3.63) is 84.7 Å². The van der Waals surface area contributed by atoms with E-state index >= 15 is 0 Å². The van der Waals surface area contributed by atoms with Gasteiger partial charge in [-0.2, -0.15) is 0 Å². The molecule has 1 aromatic carbocycles. The monoisotopic (exact) mass is 289 g/mol. The van der Waals surface area contributed by atoms with E-state index in [1.54, 1.807) is 6.20 Å². The molecule has 0 bridgehead atoms. The molecule has 0 N–H and O–H groups in total. The number of rotatable bonds is 6. The van der Waals surface area contributed by atoms with Gasteiger partial charge in [0.1, 0.15) is 0 Å². The fourth-order valence-electron chi connectivity index (χ4n) is 2.50. The van der Waals surface area contributed by atoms with Crippen molar-refractivity contribution in [2.24, 2.45) is 0 Å². The third-order valence-corrected chi connectivity index (χ3v) is 3.53. The van der Waals surface area contributed by atoms with Gasteiger partial charge >= 0.3 is 0 Å². The standard InChI is InChI=1S/C21H23N/c1-4-8-17(3)14-18(9-5-2)19-10-6-11-20(15-19)21-12-7-13-22-16-21/h5-7,9-16H,2,4,8H2,1,3H3/b17-14+,18-9+. The summed E-state index contributed by atoms with van der Waals surface area (Å²) in [6.07, 6.45) is 12.2. The molecule has 0 saturated carbocycles. The van der Waals surface area contributed by atoms with Crippen LogP contribution in [0.4, 0.5) is 0 Å². The summed E-state index contributed by atoms with van der Waals surface area (Å²) in [5.74, 6) is 0. The zero-order chi connectivity index (χ0) is 15.8. The van der Waals surface area contributed by atoms with Crippen LogP contribution in [-0.2, 0) is 0 Å². The van der Waals surface area contributed by atoms with Gasteiger partial charge in [-0.15, -0.1) is 0 Å². The zero-order valence-electron chi connectivity index (χ0n) is 13.4. The van der Waals surface area contributed by atoms with E-state index in [2.05, 4.69) is 67.9 Å². The van der Waals surface area contributed by atoms with Gasteiger partial charge in [0.25, 0.3) is 0 Å². The summed E-state index contributed by atoms with van der Waals surface area (Å²) >= 11 is 0. The molecule has 0 atom stereocenters. The average Bonchev–Trinajstić information content (AvgIpc) is 2.56. The average molecular weight is 289 g/mol. The molecule has 0 fully saturated rings. The van der Waals surface area contributed by atoms with E-state index in [1.165, 1.54) is 28.7 Å². The number of aromatic nitrogens is 1. The molecule has 0 aliphatic rings. The largest absolute Gasteiger partial charge is 0.264 e. The highest BCUT2D eigenvalue weighted by Crippen LogP contribution is 2.25. The first-order valence-corrected chi connectivity index (χ1v) is 7.75. The smallest absolute Gasteiger partial charge is 0.0346 e. The van der Waals surface area contributed by atoms with Crippen LogP contribution < -0.4 is 0 Å². The summed E-state index contributed by atoms with van der Waals surface area (Å²) in [5.41, 5.74) is 6.12. The second-order valence-corrected chi connectivity index (χ2v) is 5.42. The molecule has 2 aromatic rings. The van der Waals surface area contributed by atoms with Crippen LogP contribution in [0.1, 0.15) is 32.3 Å². The number of allylic oxidation sites excluding steroid dienone is 5. The number of hydrogen-bond acceptors (Lipinski definition) is 1. The fraction of sp³-hybridized carbons (Fsp3) is 0.190. The molecule has 1 aromatic heterocycles. The van der Waals surface area contributed by atoms with Crippen LogP contribution >= 0.6 is 0 Å². The van der Waals surface area contributed by atoms with Crippen molar-refractivity contribution in [3.8, 4) is 11.1 Å². The van der Waals surface area contributed by atoms with E-state index in [-0.39, 0.29) is 0 Å². The van der Waals surface area contributed by atoms with Crippen molar-refractivity contribution in [1.82, 2.24) is 4.98 Å². The number of hydrogen-bond donors (Lipinski definition) is 0. The van der Waals surface area contributed by atoms with Crippen molar-refractivity contribution in [2.75, 3.05) is 0 Å². The maximum absolute atomic E-state index is 4.20. The molecule has 1 heterocycles. The van der Waals surface area contributed by atoms with Gasteiger partial charge in [-0.05, 0) is 42.2 Å². The van der Waals surface area contributed by atoms with Gasteiger partial charge in [-0.3, -0.25) is 4.98 Å². The van der Waals surface area contributed by atoms with Crippen molar-refractivity contribution in [3.63, 3.8) is 0 Å². The Morgan fingerprint density at radius 1 is 1.18 bits per heavy atom. The fourth-order valence-corrected chi connectivity index (χ4v) is 2.50. The topological polar surface area (TPSA) is 12.9 Å². The van der Waals surface area contributed by atoms with Crippen molar-refractivity contribution in [1.29, 1.82) is 0 Å². The summed E-state index contributed by atoms with van der Waals surface area (Å²) in [4.78, 5) is 4.20.